The van der Waals surface area contributed by atoms with Gasteiger partial charge in [0.25, 0.3) is 5.91 Å². The zero-order valence-electron chi connectivity index (χ0n) is 12.1. The first kappa shape index (κ1) is 14.9. The minimum atomic E-state index is -0.0713. The maximum atomic E-state index is 12.4. The van der Waals surface area contributed by atoms with Gasteiger partial charge in [-0.15, -0.1) is 0 Å². The fourth-order valence-electron chi connectivity index (χ4n) is 2.88. The van der Waals surface area contributed by atoms with Crippen LogP contribution in [-0.4, -0.2) is 34.0 Å². The molecule has 1 aliphatic rings. The lowest BCUT2D eigenvalue weighted by molar-refractivity contribution is 0.0712. The fraction of sp³-hybridized carbons (Fsp3) is 0.294. The van der Waals surface area contributed by atoms with Crippen molar-refractivity contribution in [2.24, 2.45) is 0 Å². The number of rotatable bonds is 2. The van der Waals surface area contributed by atoms with E-state index in [-0.39, 0.29) is 11.7 Å². The topological polar surface area (TPSA) is 53.4 Å². The molecule has 114 valence electrons. The number of likely N-dealkylation sites (tertiary alicyclic amines) is 1. The first-order chi connectivity index (χ1) is 10.6. The van der Waals surface area contributed by atoms with Crippen molar-refractivity contribution in [3.05, 3.63) is 58.9 Å². The average molecular weight is 317 g/mol. The highest BCUT2D eigenvalue weighted by Gasteiger charge is 2.24. The Balaban J connectivity index is 1.64. The summed E-state index contributed by atoms with van der Waals surface area (Å²) in [6.45, 7) is 1.42. The third-order valence-corrected chi connectivity index (χ3v) is 4.35. The Morgan fingerprint density at radius 3 is 2.50 bits per heavy atom. The molecular weight excluding hydrogens is 300 g/mol. The van der Waals surface area contributed by atoms with Crippen molar-refractivity contribution in [2.45, 2.75) is 18.8 Å². The molecule has 0 aliphatic carbocycles. The van der Waals surface area contributed by atoms with Crippen LogP contribution >= 0.6 is 11.6 Å². The molecule has 1 N–H and O–H groups in total. The number of amides is 1. The molecule has 1 aromatic heterocycles. The first-order valence-electron chi connectivity index (χ1n) is 7.32. The molecule has 2 aromatic rings. The van der Waals surface area contributed by atoms with E-state index < -0.39 is 0 Å². The number of benzene rings is 1. The van der Waals surface area contributed by atoms with E-state index in [4.69, 9.17) is 11.6 Å². The minimum absolute atomic E-state index is 0.0156. The molecule has 3 rings (SSSR count). The molecule has 0 unspecified atom stereocenters. The maximum Gasteiger partial charge on any atom is 0.255 e. The molecule has 0 bridgehead atoms. The minimum Gasteiger partial charge on any atom is -0.506 e. The van der Waals surface area contributed by atoms with Gasteiger partial charge in [-0.1, -0.05) is 23.7 Å². The summed E-state index contributed by atoms with van der Waals surface area (Å²) >= 11 is 5.92. The molecule has 0 atom stereocenters. The van der Waals surface area contributed by atoms with Crippen molar-refractivity contribution in [2.75, 3.05) is 13.1 Å². The Bertz CT molecular complexity index is 665. The van der Waals surface area contributed by atoms with E-state index in [9.17, 15) is 9.90 Å². The normalized spacial score (nSPS) is 15.8. The van der Waals surface area contributed by atoms with Crippen LogP contribution in [0.3, 0.4) is 0 Å². The first-order valence-corrected chi connectivity index (χ1v) is 7.70. The predicted molar refractivity (Wildman–Crippen MR) is 85.2 cm³/mol. The van der Waals surface area contributed by atoms with Gasteiger partial charge in [0.05, 0.1) is 11.8 Å². The zero-order valence-corrected chi connectivity index (χ0v) is 12.8. The number of carbonyl (C=O) groups is 1. The Morgan fingerprint density at radius 2 is 1.86 bits per heavy atom. The second kappa shape index (κ2) is 6.36. The number of hydrogen-bond acceptors (Lipinski definition) is 3. The Kier molecular flexibility index (Phi) is 4.29. The molecule has 0 saturated carbocycles. The monoisotopic (exact) mass is 316 g/mol. The third kappa shape index (κ3) is 3.22. The number of carbonyl (C=O) groups excluding carboxylic acids is 1. The summed E-state index contributed by atoms with van der Waals surface area (Å²) in [7, 11) is 0. The Hall–Kier alpha value is -2.07. The number of nitrogens with zero attached hydrogens (tertiary/aromatic N) is 2. The molecular formula is C17H17ClN2O2. The number of hydrogen-bond donors (Lipinski definition) is 1. The van der Waals surface area contributed by atoms with E-state index in [0.29, 0.717) is 24.6 Å². The van der Waals surface area contributed by atoms with Crippen molar-refractivity contribution < 1.29 is 9.90 Å². The number of pyridine rings is 1. The van der Waals surface area contributed by atoms with Gasteiger partial charge in [-0.3, -0.25) is 9.78 Å². The van der Waals surface area contributed by atoms with Crippen molar-refractivity contribution in [1.82, 2.24) is 9.88 Å². The quantitative estimate of drug-likeness (QED) is 0.923. The van der Waals surface area contributed by atoms with Crippen molar-refractivity contribution in [3.8, 4) is 5.75 Å². The van der Waals surface area contributed by atoms with Gasteiger partial charge >= 0.3 is 0 Å². The van der Waals surface area contributed by atoms with Crippen molar-refractivity contribution in [1.29, 1.82) is 0 Å². The summed E-state index contributed by atoms with van der Waals surface area (Å²) in [6.07, 6.45) is 4.68. The average Bonchev–Trinajstić information content (AvgIpc) is 2.55. The van der Waals surface area contributed by atoms with Gasteiger partial charge in [0.15, 0.2) is 0 Å². The SMILES string of the molecule is O=C(c1cncc(O)c1)N1CCC(c2ccc(Cl)cc2)CC1. The number of halogens is 1. The van der Waals surface area contributed by atoms with Crippen molar-refractivity contribution >= 4 is 17.5 Å². The van der Waals surface area contributed by atoms with Crippen molar-refractivity contribution in [3.63, 3.8) is 0 Å². The second-order valence-corrected chi connectivity index (χ2v) is 5.99. The molecule has 0 spiro atoms. The van der Waals surface area contributed by atoms with E-state index in [1.807, 2.05) is 17.0 Å². The standard InChI is InChI=1S/C17H17ClN2O2/c18-15-3-1-12(2-4-15)13-5-7-20(8-6-13)17(22)14-9-16(21)11-19-10-14/h1-4,9-11,13,21H,5-8H2. The van der Waals surface area contributed by atoms with Gasteiger partial charge in [-0.25, -0.2) is 0 Å². The summed E-state index contributed by atoms with van der Waals surface area (Å²) < 4.78 is 0. The van der Waals surface area contributed by atoms with Gasteiger partial charge in [-0.2, -0.15) is 0 Å². The highest BCUT2D eigenvalue weighted by molar-refractivity contribution is 6.30. The van der Waals surface area contributed by atoms with Crippen LogP contribution < -0.4 is 0 Å². The molecule has 5 heteroatoms. The summed E-state index contributed by atoms with van der Waals surface area (Å²) in [5.74, 6) is 0.406. The van der Waals surface area contributed by atoms with Crippen LogP contribution in [0.5, 0.6) is 5.75 Å². The number of aromatic nitrogens is 1. The Morgan fingerprint density at radius 1 is 1.18 bits per heavy atom. The van der Waals surface area contributed by atoms with Crippen LogP contribution in [0.4, 0.5) is 0 Å². The summed E-state index contributed by atoms with van der Waals surface area (Å²) in [4.78, 5) is 18.1. The molecule has 1 fully saturated rings. The predicted octanol–water partition coefficient (Wildman–Crippen LogP) is 3.46. The third-order valence-electron chi connectivity index (χ3n) is 4.09. The van der Waals surface area contributed by atoms with Crippen LogP contribution in [-0.2, 0) is 0 Å². The van der Waals surface area contributed by atoms with Crippen LogP contribution in [0.15, 0.2) is 42.7 Å². The van der Waals surface area contributed by atoms with Gasteiger partial charge in [0.1, 0.15) is 5.75 Å². The molecule has 1 aromatic carbocycles. The zero-order chi connectivity index (χ0) is 15.5. The summed E-state index contributed by atoms with van der Waals surface area (Å²) in [5, 5.41) is 10.2. The van der Waals surface area contributed by atoms with E-state index in [1.54, 1.807) is 0 Å². The van der Waals surface area contributed by atoms with Crippen LogP contribution in [0.25, 0.3) is 0 Å². The molecule has 0 radical (unpaired) electrons. The van der Waals surface area contributed by atoms with E-state index >= 15 is 0 Å². The smallest absolute Gasteiger partial charge is 0.255 e. The molecule has 1 aliphatic heterocycles. The van der Waals surface area contributed by atoms with Gasteiger partial charge in [-0.05, 0) is 42.5 Å². The van der Waals surface area contributed by atoms with Crippen LogP contribution in [0, 0.1) is 0 Å². The lowest BCUT2D eigenvalue weighted by atomic mass is 9.89. The maximum absolute atomic E-state index is 12.4. The largest absolute Gasteiger partial charge is 0.506 e. The summed E-state index contributed by atoms with van der Waals surface area (Å²) in [6, 6.07) is 9.40. The van der Waals surface area contributed by atoms with Crippen LogP contribution in [0.1, 0.15) is 34.7 Å². The molecule has 1 saturated heterocycles. The highest BCUT2D eigenvalue weighted by Crippen LogP contribution is 2.29. The van der Waals surface area contributed by atoms with Gasteiger partial charge < -0.3 is 10.0 Å². The highest BCUT2D eigenvalue weighted by atomic mass is 35.5. The fourth-order valence-corrected chi connectivity index (χ4v) is 3.00. The van der Waals surface area contributed by atoms with Gasteiger partial charge in [0.2, 0.25) is 0 Å². The molecule has 2 heterocycles. The molecule has 1 amide bonds. The lowest BCUT2D eigenvalue weighted by Crippen LogP contribution is -2.37. The van der Waals surface area contributed by atoms with Gasteiger partial charge in [0, 0.05) is 24.3 Å². The van der Waals surface area contributed by atoms with E-state index in [2.05, 4.69) is 17.1 Å². The second-order valence-electron chi connectivity index (χ2n) is 5.55. The molecule has 4 nitrogen and oxygen atoms in total. The summed E-state index contributed by atoms with van der Waals surface area (Å²) in [5.41, 5.74) is 1.71. The number of aromatic hydroxyl groups is 1. The van der Waals surface area contributed by atoms with E-state index in [1.165, 1.54) is 24.0 Å². The lowest BCUT2D eigenvalue weighted by Gasteiger charge is -2.32. The molecule has 22 heavy (non-hydrogen) atoms. The van der Waals surface area contributed by atoms with E-state index in [0.717, 1.165) is 17.9 Å². The van der Waals surface area contributed by atoms with Crippen LogP contribution in [0.2, 0.25) is 5.02 Å². The number of piperidine rings is 1. The Labute approximate surface area is 134 Å².